The van der Waals surface area contributed by atoms with Gasteiger partial charge in [0.1, 0.15) is 18.4 Å². The summed E-state index contributed by atoms with van der Waals surface area (Å²) >= 11 is 0. The molecule has 3 aromatic rings. The van der Waals surface area contributed by atoms with Crippen LogP contribution in [0.25, 0.3) is 0 Å². The molecule has 2 atom stereocenters. The summed E-state index contributed by atoms with van der Waals surface area (Å²) in [7, 11) is 0. The van der Waals surface area contributed by atoms with Crippen molar-refractivity contribution in [2.75, 3.05) is 13.3 Å². The van der Waals surface area contributed by atoms with Gasteiger partial charge in [-0.2, -0.15) is 0 Å². The average Bonchev–Trinajstić information content (AvgIpc) is 3.49. The smallest absolute Gasteiger partial charge is 0.320 e. The van der Waals surface area contributed by atoms with Crippen molar-refractivity contribution >= 4 is 5.97 Å². The van der Waals surface area contributed by atoms with Crippen molar-refractivity contribution in [3.8, 4) is 17.2 Å². The van der Waals surface area contributed by atoms with Gasteiger partial charge in [0.2, 0.25) is 6.79 Å². The molecule has 2 unspecified atom stereocenters. The Hall–Kier alpha value is -3.51. The van der Waals surface area contributed by atoms with Gasteiger partial charge in [0, 0.05) is 6.54 Å². The fraction of sp³-hybridized carbons (Fsp3) is 0.269. The minimum Gasteiger partial charge on any atom is -0.489 e. The van der Waals surface area contributed by atoms with Crippen molar-refractivity contribution in [1.29, 1.82) is 0 Å². The van der Waals surface area contributed by atoms with Crippen LogP contribution in [-0.2, 0) is 11.4 Å². The molecule has 3 aromatic carbocycles. The van der Waals surface area contributed by atoms with E-state index in [9.17, 15) is 9.90 Å². The number of hydrogen-bond acceptors (Lipinski definition) is 5. The number of fused-ring (bicyclic) bond motifs is 1. The van der Waals surface area contributed by atoms with Crippen LogP contribution in [0.2, 0.25) is 0 Å². The van der Waals surface area contributed by atoms with Crippen LogP contribution in [0.3, 0.4) is 0 Å². The Kier molecular flexibility index (Phi) is 5.69. The molecule has 6 nitrogen and oxygen atoms in total. The van der Waals surface area contributed by atoms with Crippen LogP contribution in [0.15, 0.2) is 72.8 Å². The maximum Gasteiger partial charge on any atom is 0.320 e. The topological polar surface area (TPSA) is 68.2 Å². The number of carboxylic acid groups (broad SMARTS) is 1. The second-order valence-electron chi connectivity index (χ2n) is 8.09. The average molecular weight is 431 g/mol. The van der Waals surface area contributed by atoms with Crippen LogP contribution in [0.5, 0.6) is 17.2 Å². The molecule has 0 bridgehead atoms. The highest BCUT2D eigenvalue weighted by molar-refractivity contribution is 5.74. The Morgan fingerprint density at radius 1 is 1.00 bits per heavy atom. The third-order valence-electron chi connectivity index (χ3n) is 6.07. The Morgan fingerprint density at radius 2 is 1.75 bits per heavy atom. The fourth-order valence-electron chi connectivity index (χ4n) is 4.51. The molecule has 0 aliphatic carbocycles. The number of aliphatic carboxylic acids is 1. The summed E-state index contributed by atoms with van der Waals surface area (Å²) in [6, 6.07) is 23.1. The molecule has 5 rings (SSSR count). The maximum absolute atomic E-state index is 11.9. The zero-order valence-corrected chi connectivity index (χ0v) is 17.6. The van der Waals surface area contributed by atoms with Crippen molar-refractivity contribution in [3.63, 3.8) is 0 Å². The summed E-state index contributed by atoms with van der Waals surface area (Å²) in [6.07, 6.45) is 1.50. The maximum atomic E-state index is 11.9. The molecule has 0 saturated carbocycles. The predicted octanol–water partition coefficient (Wildman–Crippen LogP) is 4.63. The van der Waals surface area contributed by atoms with E-state index in [1.54, 1.807) is 0 Å². The third-order valence-corrected chi connectivity index (χ3v) is 6.07. The standard InChI is InChI=1S/C26H25NO5/c28-26(29)22-7-4-14-27(22)25(20-10-13-23-24(15-20)32-17-31-23)19-8-11-21(12-9-19)30-16-18-5-2-1-3-6-18/h1-3,5-6,8-13,15,22,25H,4,7,14,16-17H2,(H,28,29). The highest BCUT2D eigenvalue weighted by Crippen LogP contribution is 2.40. The third kappa shape index (κ3) is 4.14. The minimum absolute atomic E-state index is 0.198. The summed E-state index contributed by atoms with van der Waals surface area (Å²) in [5.74, 6) is 1.41. The van der Waals surface area contributed by atoms with Crippen LogP contribution in [-0.4, -0.2) is 35.4 Å². The summed E-state index contributed by atoms with van der Waals surface area (Å²) in [4.78, 5) is 14.0. The van der Waals surface area contributed by atoms with E-state index in [0.717, 1.165) is 35.4 Å². The highest BCUT2D eigenvalue weighted by Gasteiger charge is 2.37. The largest absolute Gasteiger partial charge is 0.489 e. The quantitative estimate of drug-likeness (QED) is 0.588. The molecule has 32 heavy (non-hydrogen) atoms. The van der Waals surface area contributed by atoms with Crippen LogP contribution >= 0.6 is 0 Å². The molecule has 2 aliphatic rings. The van der Waals surface area contributed by atoms with Crippen LogP contribution in [0.4, 0.5) is 0 Å². The molecular weight excluding hydrogens is 406 g/mol. The molecule has 2 aliphatic heterocycles. The van der Waals surface area contributed by atoms with E-state index >= 15 is 0 Å². The second-order valence-corrected chi connectivity index (χ2v) is 8.09. The number of ether oxygens (including phenoxy) is 3. The lowest BCUT2D eigenvalue weighted by molar-refractivity contribution is -0.142. The van der Waals surface area contributed by atoms with Gasteiger partial charge in [-0.15, -0.1) is 0 Å². The van der Waals surface area contributed by atoms with Gasteiger partial charge >= 0.3 is 5.97 Å². The molecule has 1 fully saturated rings. The van der Waals surface area contributed by atoms with E-state index in [2.05, 4.69) is 4.90 Å². The Labute approximate surface area is 187 Å². The van der Waals surface area contributed by atoms with Crippen molar-refractivity contribution in [3.05, 3.63) is 89.5 Å². The van der Waals surface area contributed by atoms with E-state index < -0.39 is 12.0 Å². The summed E-state index contributed by atoms with van der Waals surface area (Å²) in [5, 5.41) is 9.80. The summed E-state index contributed by atoms with van der Waals surface area (Å²) in [5.41, 5.74) is 3.11. The number of rotatable bonds is 7. The molecule has 0 radical (unpaired) electrons. The van der Waals surface area contributed by atoms with E-state index in [1.165, 1.54) is 0 Å². The van der Waals surface area contributed by atoms with E-state index in [4.69, 9.17) is 14.2 Å². The van der Waals surface area contributed by atoms with Gasteiger partial charge in [0.15, 0.2) is 11.5 Å². The molecule has 6 heteroatoms. The minimum atomic E-state index is -0.781. The lowest BCUT2D eigenvalue weighted by atomic mass is 9.95. The SMILES string of the molecule is O=C(O)C1CCCN1C(c1ccc(OCc2ccccc2)cc1)c1ccc2c(c1)OCO2. The molecule has 2 heterocycles. The van der Waals surface area contributed by atoms with Gasteiger partial charge in [-0.05, 0) is 53.8 Å². The highest BCUT2D eigenvalue weighted by atomic mass is 16.7. The molecule has 164 valence electrons. The van der Waals surface area contributed by atoms with E-state index in [1.807, 2.05) is 72.8 Å². The van der Waals surface area contributed by atoms with Crippen molar-refractivity contribution < 1.29 is 24.1 Å². The molecule has 0 amide bonds. The first-order valence-corrected chi connectivity index (χ1v) is 10.8. The zero-order chi connectivity index (χ0) is 21.9. The van der Waals surface area contributed by atoms with Gasteiger partial charge < -0.3 is 19.3 Å². The summed E-state index contributed by atoms with van der Waals surface area (Å²) in [6.45, 7) is 1.43. The predicted molar refractivity (Wildman–Crippen MR) is 119 cm³/mol. The molecule has 0 spiro atoms. The van der Waals surface area contributed by atoms with Gasteiger partial charge in [0.05, 0.1) is 6.04 Å². The number of hydrogen-bond donors (Lipinski definition) is 1. The molecular formula is C26H25NO5. The number of carbonyl (C=O) groups is 1. The van der Waals surface area contributed by atoms with Gasteiger partial charge in [-0.3, -0.25) is 9.69 Å². The van der Waals surface area contributed by atoms with Crippen molar-refractivity contribution in [1.82, 2.24) is 4.90 Å². The molecule has 0 aromatic heterocycles. The van der Waals surface area contributed by atoms with Crippen LogP contribution in [0.1, 0.15) is 35.6 Å². The first-order chi connectivity index (χ1) is 15.7. The molecule has 1 saturated heterocycles. The lowest BCUT2D eigenvalue weighted by Crippen LogP contribution is -2.39. The lowest BCUT2D eigenvalue weighted by Gasteiger charge is -2.32. The summed E-state index contributed by atoms with van der Waals surface area (Å²) < 4.78 is 17.0. The van der Waals surface area contributed by atoms with Crippen LogP contribution < -0.4 is 14.2 Å². The fourth-order valence-corrected chi connectivity index (χ4v) is 4.51. The van der Waals surface area contributed by atoms with Gasteiger partial charge in [0.25, 0.3) is 0 Å². The first kappa shape index (κ1) is 20.4. The van der Waals surface area contributed by atoms with Crippen LogP contribution in [0, 0.1) is 0 Å². The normalized spacial score (nSPS) is 18.4. The second kappa shape index (κ2) is 8.93. The Morgan fingerprint density at radius 3 is 2.53 bits per heavy atom. The molecule has 1 N–H and O–H groups in total. The number of carboxylic acids is 1. The first-order valence-electron chi connectivity index (χ1n) is 10.8. The number of likely N-dealkylation sites (tertiary alicyclic amines) is 1. The van der Waals surface area contributed by atoms with E-state index in [0.29, 0.717) is 24.5 Å². The van der Waals surface area contributed by atoms with Gasteiger partial charge in [-0.25, -0.2) is 0 Å². The Bertz CT molecular complexity index is 1080. The number of nitrogens with zero attached hydrogens (tertiary/aromatic N) is 1. The van der Waals surface area contributed by atoms with E-state index in [-0.39, 0.29) is 12.8 Å². The van der Waals surface area contributed by atoms with Crippen molar-refractivity contribution in [2.24, 2.45) is 0 Å². The van der Waals surface area contributed by atoms with Gasteiger partial charge in [-0.1, -0.05) is 48.5 Å². The zero-order valence-electron chi connectivity index (χ0n) is 17.6. The van der Waals surface area contributed by atoms with Crippen molar-refractivity contribution in [2.45, 2.75) is 31.5 Å². The Balaban J connectivity index is 1.43. The number of benzene rings is 3. The monoisotopic (exact) mass is 431 g/mol.